The summed E-state index contributed by atoms with van der Waals surface area (Å²) in [7, 11) is 0. The van der Waals surface area contributed by atoms with Crippen molar-refractivity contribution >= 4 is 11.1 Å². The second kappa shape index (κ2) is 2.80. The van der Waals surface area contributed by atoms with E-state index >= 15 is 0 Å². The van der Waals surface area contributed by atoms with Crippen LogP contribution in [0.1, 0.15) is 27.7 Å². The maximum Gasteiger partial charge on any atom is 0.158 e. The van der Waals surface area contributed by atoms with E-state index in [0.29, 0.717) is 0 Å². The van der Waals surface area contributed by atoms with E-state index in [9.17, 15) is 4.21 Å². The maximum atomic E-state index is 10.6. The van der Waals surface area contributed by atoms with Gasteiger partial charge in [-0.25, -0.2) is 4.21 Å². The molecule has 0 aromatic rings. The highest BCUT2D eigenvalue weighted by molar-refractivity contribution is 7.80. The second-order valence-electron chi connectivity index (χ2n) is 3.01. The molecule has 1 N–H and O–H groups in total. The van der Waals surface area contributed by atoms with Crippen molar-refractivity contribution in [1.82, 2.24) is 0 Å². The molecule has 0 rings (SSSR count). The third kappa shape index (κ3) is 2.06. The molecule has 0 fully saturated rings. The van der Waals surface area contributed by atoms with Crippen LogP contribution in [0.5, 0.6) is 0 Å². The van der Waals surface area contributed by atoms with Crippen LogP contribution in [-0.2, 0) is 11.1 Å². The van der Waals surface area contributed by atoms with E-state index in [1.54, 1.807) is 13.8 Å². The Kier molecular flexibility index (Phi) is 2.83. The molecule has 0 aromatic carbocycles. The normalized spacial score (nSPS) is 16.2. The van der Waals surface area contributed by atoms with Crippen molar-refractivity contribution in [3.8, 4) is 0 Å². The highest BCUT2D eigenvalue weighted by atomic mass is 32.2. The van der Waals surface area contributed by atoms with Gasteiger partial charge in [0.15, 0.2) is 11.1 Å². The Morgan fingerprint density at radius 2 is 1.78 bits per heavy atom. The molecule has 0 aliphatic carbocycles. The lowest BCUT2D eigenvalue weighted by atomic mass is 10.00. The number of rotatable bonds is 2. The summed E-state index contributed by atoms with van der Waals surface area (Å²) < 4.78 is 18.8. The highest BCUT2D eigenvalue weighted by Gasteiger charge is 2.28. The zero-order valence-corrected chi connectivity index (χ0v) is 7.16. The van der Waals surface area contributed by atoms with E-state index in [1.807, 2.05) is 13.8 Å². The molecule has 0 aromatic heterocycles. The van der Waals surface area contributed by atoms with Crippen LogP contribution in [0.3, 0.4) is 0 Å². The minimum atomic E-state index is -1.71. The predicted octanol–water partition coefficient (Wildman–Crippen LogP) is 1.64. The van der Waals surface area contributed by atoms with Gasteiger partial charge in [-0.15, -0.1) is 0 Å². The van der Waals surface area contributed by atoms with Crippen LogP contribution in [-0.4, -0.2) is 13.5 Å². The van der Waals surface area contributed by atoms with Crippen molar-refractivity contribution in [2.45, 2.75) is 32.4 Å². The van der Waals surface area contributed by atoms with Crippen LogP contribution in [0.2, 0.25) is 0 Å². The summed E-state index contributed by atoms with van der Waals surface area (Å²) >= 11 is -1.71. The highest BCUT2D eigenvalue weighted by Crippen LogP contribution is 2.21. The summed E-state index contributed by atoms with van der Waals surface area (Å²) in [5.41, 5.74) is 0. The van der Waals surface area contributed by atoms with E-state index in [4.69, 9.17) is 4.55 Å². The molecule has 0 aliphatic heterocycles. The summed E-state index contributed by atoms with van der Waals surface area (Å²) in [6, 6.07) is 0. The van der Waals surface area contributed by atoms with Crippen LogP contribution >= 0.6 is 0 Å². The summed E-state index contributed by atoms with van der Waals surface area (Å²) in [4.78, 5) is 0. The van der Waals surface area contributed by atoms with E-state index in [2.05, 4.69) is 0 Å². The van der Waals surface area contributed by atoms with Crippen molar-refractivity contribution in [2.75, 3.05) is 0 Å². The molecule has 1 atom stereocenters. The molecule has 0 amide bonds. The van der Waals surface area contributed by atoms with E-state index in [-0.39, 0.29) is 5.92 Å². The average Bonchev–Trinajstić information content (AvgIpc) is 1.65. The lowest BCUT2D eigenvalue weighted by Gasteiger charge is -2.23. The van der Waals surface area contributed by atoms with Gasteiger partial charge in [0.1, 0.15) is 0 Å². The molecule has 0 radical (unpaired) electrons. The van der Waals surface area contributed by atoms with Gasteiger partial charge in [-0.2, -0.15) is 0 Å². The van der Waals surface area contributed by atoms with Crippen LogP contribution in [0.15, 0.2) is 0 Å². The average molecular weight is 150 g/mol. The third-order valence-electron chi connectivity index (χ3n) is 1.84. The zero-order chi connectivity index (χ0) is 7.65. The van der Waals surface area contributed by atoms with Gasteiger partial charge in [0, 0.05) is 0 Å². The van der Waals surface area contributed by atoms with Crippen LogP contribution in [0, 0.1) is 5.92 Å². The molecular weight excluding hydrogens is 136 g/mol. The van der Waals surface area contributed by atoms with Gasteiger partial charge in [0.2, 0.25) is 0 Å². The van der Waals surface area contributed by atoms with Gasteiger partial charge < -0.3 is 4.55 Å². The van der Waals surface area contributed by atoms with Gasteiger partial charge in [0.25, 0.3) is 0 Å². The van der Waals surface area contributed by atoms with Gasteiger partial charge in [0.05, 0.1) is 4.75 Å². The van der Waals surface area contributed by atoms with Gasteiger partial charge in [-0.3, -0.25) is 0 Å². The minimum absolute atomic E-state index is 0.239. The molecule has 0 bridgehead atoms. The van der Waals surface area contributed by atoms with Crippen molar-refractivity contribution in [3.63, 3.8) is 0 Å². The van der Waals surface area contributed by atoms with Crippen LogP contribution in [0.25, 0.3) is 0 Å². The van der Waals surface area contributed by atoms with Crippen molar-refractivity contribution < 1.29 is 8.76 Å². The molecule has 3 heteroatoms. The Labute approximate surface area is 58.9 Å². The topological polar surface area (TPSA) is 37.3 Å². The minimum Gasteiger partial charge on any atom is -0.306 e. The van der Waals surface area contributed by atoms with Gasteiger partial charge in [-0.1, -0.05) is 13.8 Å². The quantitative estimate of drug-likeness (QED) is 0.608. The van der Waals surface area contributed by atoms with Crippen molar-refractivity contribution in [3.05, 3.63) is 0 Å². The third-order valence-corrected chi connectivity index (χ3v) is 3.21. The molecule has 0 spiro atoms. The van der Waals surface area contributed by atoms with Crippen LogP contribution < -0.4 is 0 Å². The van der Waals surface area contributed by atoms with Crippen molar-refractivity contribution in [2.24, 2.45) is 5.92 Å². The summed E-state index contributed by atoms with van der Waals surface area (Å²) in [5.74, 6) is 0.239. The Morgan fingerprint density at radius 3 is 1.78 bits per heavy atom. The fourth-order valence-corrected chi connectivity index (χ4v) is 0.605. The largest absolute Gasteiger partial charge is 0.306 e. The Bertz CT molecular complexity index is 118. The molecular formula is C6H14O2S. The number of hydrogen-bond donors (Lipinski definition) is 1. The number of hydrogen-bond acceptors (Lipinski definition) is 1. The summed E-state index contributed by atoms with van der Waals surface area (Å²) in [6.45, 7) is 7.45. The van der Waals surface area contributed by atoms with E-state index in [1.165, 1.54) is 0 Å². The van der Waals surface area contributed by atoms with E-state index in [0.717, 1.165) is 0 Å². The molecule has 0 aliphatic rings. The van der Waals surface area contributed by atoms with Crippen molar-refractivity contribution in [1.29, 1.82) is 0 Å². The SMILES string of the molecule is CC(C)C(C)(C)S(=O)O. The summed E-state index contributed by atoms with van der Waals surface area (Å²) in [6.07, 6.45) is 0. The lowest BCUT2D eigenvalue weighted by Crippen LogP contribution is -2.32. The molecule has 0 saturated carbocycles. The van der Waals surface area contributed by atoms with Gasteiger partial charge in [-0.05, 0) is 19.8 Å². The molecule has 0 saturated heterocycles. The van der Waals surface area contributed by atoms with Gasteiger partial charge >= 0.3 is 0 Å². The Balaban J connectivity index is 4.19. The second-order valence-corrected chi connectivity index (χ2v) is 4.56. The van der Waals surface area contributed by atoms with E-state index < -0.39 is 15.8 Å². The Hall–Kier alpha value is 0.110. The molecule has 0 heterocycles. The molecule has 56 valence electrons. The summed E-state index contributed by atoms with van der Waals surface area (Å²) in [5, 5.41) is 0. The first-order valence-corrected chi connectivity index (χ1v) is 4.10. The first-order valence-electron chi connectivity index (χ1n) is 3.00. The Morgan fingerprint density at radius 1 is 1.44 bits per heavy atom. The van der Waals surface area contributed by atoms with Crippen LogP contribution in [0.4, 0.5) is 0 Å². The monoisotopic (exact) mass is 150 g/mol. The fourth-order valence-electron chi connectivity index (χ4n) is 0.202. The molecule has 9 heavy (non-hydrogen) atoms. The standard InChI is InChI=1S/C6H14O2S/c1-5(2)6(3,4)9(7)8/h5H,1-4H3,(H,7,8). The maximum absolute atomic E-state index is 10.6. The first-order chi connectivity index (χ1) is 3.89. The smallest absolute Gasteiger partial charge is 0.158 e. The molecule has 1 unspecified atom stereocenters. The predicted molar refractivity (Wildman–Crippen MR) is 39.7 cm³/mol. The molecule has 2 nitrogen and oxygen atoms in total. The zero-order valence-electron chi connectivity index (χ0n) is 6.34. The lowest BCUT2D eigenvalue weighted by molar-refractivity contribution is 0.439. The first kappa shape index (κ1) is 9.11. The fraction of sp³-hybridized carbons (Fsp3) is 1.00.